The molecule has 2 aromatic rings. The van der Waals surface area contributed by atoms with Crippen LogP contribution in [-0.2, 0) is 0 Å². The molecule has 0 aliphatic carbocycles. The molecule has 0 unspecified atom stereocenters. The van der Waals surface area contributed by atoms with Gasteiger partial charge in [0.1, 0.15) is 5.82 Å². The summed E-state index contributed by atoms with van der Waals surface area (Å²) in [5.41, 5.74) is 3.17. The zero-order valence-corrected chi connectivity index (χ0v) is 17.2. The summed E-state index contributed by atoms with van der Waals surface area (Å²) < 4.78 is 0. The highest BCUT2D eigenvalue weighted by molar-refractivity contribution is 5.95. The molecule has 148 valence electrons. The number of hydrogen-bond donors (Lipinski definition) is 0. The average Bonchev–Trinajstić information content (AvgIpc) is 2.68. The van der Waals surface area contributed by atoms with E-state index in [1.807, 2.05) is 18.7 Å². The van der Waals surface area contributed by atoms with Crippen LogP contribution in [0.15, 0.2) is 36.5 Å². The molecular formula is C23H30N4O. The van der Waals surface area contributed by atoms with Gasteiger partial charge in [0.05, 0.1) is 11.3 Å². The third-order valence-electron chi connectivity index (χ3n) is 6.53. The van der Waals surface area contributed by atoms with Crippen LogP contribution in [0.1, 0.15) is 52.6 Å². The maximum Gasteiger partial charge on any atom is 0.257 e. The Bertz CT molecular complexity index is 843. The third kappa shape index (κ3) is 3.81. The minimum absolute atomic E-state index is 0.0797. The predicted octanol–water partition coefficient (Wildman–Crippen LogP) is 3.44. The Morgan fingerprint density at radius 3 is 2.54 bits per heavy atom. The highest BCUT2D eigenvalue weighted by Crippen LogP contribution is 2.44. The summed E-state index contributed by atoms with van der Waals surface area (Å²) in [5.74, 6) is 1.37. The van der Waals surface area contributed by atoms with E-state index in [1.54, 1.807) is 6.20 Å². The summed E-state index contributed by atoms with van der Waals surface area (Å²) in [6, 6.07) is 10.9. The molecule has 28 heavy (non-hydrogen) atoms. The van der Waals surface area contributed by atoms with E-state index in [1.165, 1.54) is 12.0 Å². The molecule has 2 fully saturated rings. The Balaban J connectivity index is 1.45. The molecule has 0 bridgehead atoms. The summed E-state index contributed by atoms with van der Waals surface area (Å²) in [7, 11) is 2.24. The minimum Gasteiger partial charge on any atom is -0.339 e. The van der Waals surface area contributed by atoms with Crippen LogP contribution in [0.4, 0.5) is 0 Å². The van der Waals surface area contributed by atoms with Crippen molar-refractivity contribution in [1.29, 1.82) is 0 Å². The normalized spacial score (nSPS) is 22.4. The largest absolute Gasteiger partial charge is 0.339 e. The van der Waals surface area contributed by atoms with E-state index in [9.17, 15) is 4.79 Å². The van der Waals surface area contributed by atoms with Gasteiger partial charge in [0.15, 0.2) is 0 Å². The quantitative estimate of drug-likeness (QED) is 0.803. The molecule has 1 atom stereocenters. The van der Waals surface area contributed by atoms with E-state index in [0.717, 1.165) is 44.7 Å². The van der Waals surface area contributed by atoms with Crippen molar-refractivity contribution in [3.63, 3.8) is 0 Å². The number of nitrogens with zero attached hydrogens (tertiary/aromatic N) is 4. The standard InChI is InChI=1S/C23H30N4O/c1-17-21(14-24-18(2)25-17)22(28)27-11-9-23(10-12-27)13-20(15-26(3)16-23)19-7-5-4-6-8-19/h4-8,14,20H,9-13,15-16H2,1-3H3/t20-/m0/s1. The molecule has 2 aliphatic rings. The molecule has 1 aromatic carbocycles. The molecule has 1 aromatic heterocycles. The van der Waals surface area contributed by atoms with Crippen LogP contribution in [0.2, 0.25) is 0 Å². The second-order valence-electron chi connectivity index (χ2n) is 8.72. The van der Waals surface area contributed by atoms with Crippen LogP contribution in [0, 0.1) is 19.3 Å². The first kappa shape index (κ1) is 19.1. The number of rotatable bonds is 2. The van der Waals surface area contributed by atoms with Crippen LogP contribution >= 0.6 is 0 Å². The van der Waals surface area contributed by atoms with Gasteiger partial charge in [-0.1, -0.05) is 30.3 Å². The highest BCUT2D eigenvalue weighted by Gasteiger charge is 2.42. The van der Waals surface area contributed by atoms with Gasteiger partial charge >= 0.3 is 0 Å². The van der Waals surface area contributed by atoms with Gasteiger partial charge in [0.2, 0.25) is 0 Å². The van der Waals surface area contributed by atoms with Crippen LogP contribution in [-0.4, -0.2) is 58.9 Å². The van der Waals surface area contributed by atoms with Crippen molar-refractivity contribution in [3.05, 3.63) is 59.2 Å². The van der Waals surface area contributed by atoms with Gasteiger partial charge in [0.25, 0.3) is 5.91 Å². The van der Waals surface area contributed by atoms with Gasteiger partial charge in [-0.3, -0.25) is 4.79 Å². The van der Waals surface area contributed by atoms with Crippen molar-refractivity contribution in [1.82, 2.24) is 19.8 Å². The van der Waals surface area contributed by atoms with Gasteiger partial charge < -0.3 is 9.80 Å². The topological polar surface area (TPSA) is 49.3 Å². The molecule has 2 saturated heterocycles. The maximum atomic E-state index is 13.0. The fraction of sp³-hybridized carbons (Fsp3) is 0.522. The number of carbonyl (C=O) groups is 1. The first-order valence-electron chi connectivity index (χ1n) is 10.3. The number of benzene rings is 1. The van der Waals surface area contributed by atoms with Crippen molar-refractivity contribution >= 4 is 5.91 Å². The second-order valence-corrected chi connectivity index (χ2v) is 8.72. The lowest BCUT2D eigenvalue weighted by Gasteiger charge is -2.49. The van der Waals surface area contributed by atoms with E-state index in [-0.39, 0.29) is 5.91 Å². The number of aryl methyl sites for hydroxylation is 2. The van der Waals surface area contributed by atoms with E-state index < -0.39 is 0 Å². The summed E-state index contributed by atoms with van der Waals surface area (Å²) in [4.78, 5) is 26.1. The van der Waals surface area contributed by atoms with Crippen LogP contribution in [0.25, 0.3) is 0 Å². The van der Waals surface area contributed by atoms with Crippen molar-refractivity contribution in [2.75, 3.05) is 33.2 Å². The number of piperidine rings is 2. The summed E-state index contributed by atoms with van der Waals surface area (Å²) in [5, 5.41) is 0. The lowest BCUT2D eigenvalue weighted by Crippen LogP contribution is -2.51. The highest BCUT2D eigenvalue weighted by atomic mass is 16.2. The van der Waals surface area contributed by atoms with Gasteiger partial charge in [0, 0.05) is 32.4 Å². The molecule has 2 aliphatic heterocycles. The molecular weight excluding hydrogens is 348 g/mol. The minimum atomic E-state index is 0.0797. The first-order valence-corrected chi connectivity index (χ1v) is 10.3. The second kappa shape index (κ2) is 7.63. The molecule has 1 spiro atoms. The number of hydrogen-bond acceptors (Lipinski definition) is 4. The molecule has 5 heteroatoms. The van der Waals surface area contributed by atoms with Gasteiger partial charge in [-0.15, -0.1) is 0 Å². The van der Waals surface area contributed by atoms with Gasteiger partial charge in [-0.2, -0.15) is 0 Å². The van der Waals surface area contributed by atoms with Gasteiger partial charge in [-0.25, -0.2) is 9.97 Å². The molecule has 3 heterocycles. The number of amides is 1. The Hall–Kier alpha value is -2.27. The van der Waals surface area contributed by atoms with E-state index in [2.05, 4.69) is 52.2 Å². The summed E-state index contributed by atoms with van der Waals surface area (Å²) in [6.07, 6.45) is 5.04. The van der Waals surface area contributed by atoms with Crippen LogP contribution < -0.4 is 0 Å². The molecule has 4 rings (SSSR count). The maximum absolute atomic E-state index is 13.0. The summed E-state index contributed by atoms with van der Waals surface area (Å²) in [6.45, 7) is 7.64. The molecule has 0 radical (unpaired) electrons. The smallest absolute Gasteiger partial charge is 0.257 e. The lowest BCUT2D eigenvalue weighted by molar-refractivity contribution is 0.0224. The van der Waals surface area contributed by atoms with E-state index in [0.29, 0.717) is 22.7 Å². The monoisotopic (exact) mass is 378 g/mol. The van der Waals surface area contributed by atoms with Crippen molar-refractivity contribution in [2.24, 2.45) is 5.41 Å². The number of likely N-dealkylation sites (N-methyl/N-ethyl adjacent to an activating group) is 1. The predicted molar refractivity (Wildman–Crippen MR) is 110 cm³/mol. The Morgan fingerprint density at radius 2 is 1.86 bits per heavy atom. The van der Waals surface area contributed by atoms with E-state index >= 15 is 0 Å². The average molecular weight is 379 g/mol. The lowest BCUT2D eigenvalue weighted by atomic mass is 9.68. The SMILES string of the molecule is Cc1ncc(C(=O)N2CCC3(CC2)C[C@H](c2ccccc2)CN(C)C3)c(C)n1. The fourth-order valence-electron chi connectivity index (χ4n) is 5.12. The van der Waals surface area contributed by atoms with E-state index in [4.69, 9.17) is 0 Å². The summed E-state index contributed by atoms with van der Waals surface area (Å²) >= 11 is 0. The number of carbonyl (C=O) groups excluding carboxylic acids is 1. The third-order valence-corrected chi connectivity index (χ3v) is 6.53. The fourth-order valence-corrected chi connectivity index (χ4v) is 5.12. The molecule has 5 nitrogen and oxygen atoms in total. The van der Waals surface area contributed by atoms with Crippen LogP contribution in [0.3, 0.4) is 0 Å². The molecule has 1 amide bonds. The number of aromatic nitrogens is 2. The van der Waals surface area contributed by atoms with Gasteiger partial charge in [-0.05, 0) is 57.1 Å². The Labute approximate surface area is 167 Å². The first-order chi connectivity index (χ1) is 13.5. The Morgan fingerprint density at radius 1 is 1.14 bits per heavy atom. The zero-order chi connectivity index (χ0) is 19.7. The Kier molecular flexibility index (Phi) is 5.19. The van der Waals surface area contributed by atoms with Crippen molar-refractivity contribution in [3.8, 4) is 0 Å². The van der Waals surface area contributed by atoms with Crippen molar-refractivity contribution < 1.29 is 4.79 Å². The zero-order valence-electron chi connectivity index (χ0n) is 17.2. The molecule has 0 saturated carbocycles. The number of likely N-dealkylation sites (tertiary alicyclic amines) is 2. The molecule has 0 N–H and O–H groups in total. The van der Waals surface area contributed by atoms with Crippen molar-refractivity contribution in [2.45, 2.75) is 39.0 Å². The van der Waals surface area contributed by atoms with Crippen LogP contribution in [0.5, 0.6) is 0 Å².